The highest BCUT2D eigenvalue weighted by molar-refractivity contribution is 5.70. The molecular weight excluding hydrogens is 173 g/mol. The summed E-state index contributed by atoms with van der Waals surface area (Å²) in [7, 11) is 0. The average Bonchev–Trinajstić information content (AvgIpc) is 1.99. The SMILES string of the molecule is Cc1cc(C)c(CC(=O)O)nc1F. The quantitative estimate of drug-likeness (QED) is 0.706. The number of aryl methyl sites for hydroxylation is 2. The summed E-state index contributed by atoms with van der Waals surface area (Å²) in [6.45, 7) is 3.32. The van der Waals surface area contributed by atoms with Crippen molar-refractivity contribution in [2.75, 3.05) is 0 Å². The van der Waals surface area contributed by atoms with E-state index in [4.69, 9.17) is 5.11 Å². The van der Waals surface area contributed by atoms with Crippen LogP contribution in [0.4, 0.5) is 4.39 Å². The molecule has 70 valence electrons. The Labute approximate surface area is 75.2 Å². The molecule has 0 unspecified atom stereocenters. The lowest BCUT2D eigenvalue weighted by molar-refractivity contribution is -0.136. The first-order valence-electron chi connectivity index (χ1n) is 3.85. The molecule has 0 amide bonds. The van der Waals surface area contributed by atoms with Gasteiger partial charge in [0.25, 0.3) is 0 Å². The van der Waals surface area contributed by atoms with Gasteiger partial charge in [-0.3, -0.25) is 4.79 Å². The molecule has 0 aliphatic rings. The second kappa shape index (κ2) is 3.51. The van der Waals surface area contributed by atoms with Crippen LogP contribution < -0.4 is 0 Å². The summed E-state index contributed by atoms with van der Waals surface area (Å²) in [4.78, 5) is 13.9. The Morgan fingerprint density at radius 1 is 1.54 bits per heavy atom. The van der Waals surface area contributed by atoms with Gasteiger partial charge in [0, 0.05) is 5.56 Å². The Morgan fingerprint density at radius 2 is 2.15 bits per heavy atom. The first-order valence-corrected chi connectivity index (χ1v) is 3.85. The standard InChI is InChI=1S/C9H10FNO2/c1-5-3-6(2)9(10)11-7(5)4-8(12)13/h3H,4H2,1-2H3,(H,12,13). The average molecular weight is 183 g/mol. The van der Waals surface area contributed by atoms with Gasteiger partial charge in [-0.25, -0.2) is 4.98 Å². The summed E-state index contributed by atoms with van der Waals surface area (Å²) >= 11 is 0. The van der Waals surface area contributed by atoms with Crippen LogP contribution in [0, 0.1) is 19.8 Å². The van der Waals surface area contributed by atoms with Gasteiger partial charge < -0.3 is 5.11 Å². The fourth-order valence-electron chi connectivity index (χ4n) is 1.08. The summed E-state index contributed by atoms with van der Waals surface area (Å²) in [6.07, 6.45) is -0.233. The number of carboxylic acids is 1. The number of hydrogen-bond donors (Lipinski definition) is 1. The minimum Gasteiger partial charge on any atom is -0.481 e. The third kappa shape index (κ3) is 2.24. The summed E-state index contributed by atoms with van der Waals surface area (Å²) in [5.74, 6) is -1.60. The zero-order chi connectivity index (χ0) is 10.0. The van der Waals surface area contributed by atoms with Gasteiger partial charge in [-0.2, -0.15) is 4.39 Å². The van der Waals surface area contributed by atoms with Gasteiger partial charge in [0.05, 0.1) is 12.1 Å². The van der Waals surface area contributed by atoms with Gasteiger partial charge in [0.2, 0.25) is 5.95 Å². The summed E-state index contributed by atoms with van der Waals surface area (Å²) < 4.78 is 12.9. The fourth-order valence-corrected chi connectivity index (χ4v) is 1.08. The third-order valence-electron chi connectivity index (χ3n) is 1.77. The van der Waals surface area contributed by atoms with E-state index < -0.39 is 11.9 Å². The lowest BCUT2D eigenvalue weighted by Gasteiger charge is -2.03. The maximum absolute atomic E-state index is 12.9. The fraction of sp³-hybridized carbons (Fsp3) is 0.333. The molecule has 0 bridgehead atoms. The molecule has 1 aromatic heterocycles. The number of nitrogens with zero attached hydrogens (tertiary/aromatic N) is 1. The first kappa shape index (κ1) is 9.64. The second-order valence-corrected chi connectivity index (χ2v) is 2.93. The number of pyridine rings is 1. The first-order chi connectivity index (χ1) is 6.00. The van der Waals surface area contributed by atoms with Crippen molar-refractivity contribution in [3.63, 3.8) is 0 Å². The lowest BCUT2D eigenvalue weighted by atomic mass is 10.1. The van der Waals surface area contributed by atoms with Crippen LogP contribution in [0.25, 0.3) is 0 Å². The maximum atomic E-state index is 12.9. The summed E-state index contributed by atoms with van der Waals surface area (Å²) in [5.41, 5.74) is 1.43. The summed E-state index contributed by atoms with van der Waals surface area (Å²) in [6, 6.07) is 1.60. The van der Waals surface area contributed by atoms with E-state index in [0.717, 1.165) is 0 Å². The Morgan fingerprint density at radius 3 is 2.69 bits per heavy atom. The molecule has 0 radical (unpaired) electrons. The van der Waals surface area contributed by atoms with Crippen molar-refractivity contribution < 1.29 is 14.3 Å². The maximum Gasteiger partial charge on any atom is 0.309 e. The van der Waals surface area contributed by atoms with E-state index in [1.165, 1.54) is 0 Å². The molecule has 0 aliphatic heterocycles. The molecule has 0 spiro atoms. The van der Waals surface area contributed by atoms with Gasteiger partial charge in [-0.15, -0.1) is 0 Å². The molecule has 1 rings (SSSR count). The van der Waals surface area contributed by atoms with Gasteiger partial charge in [-0.05, 0) is 25.5 Å². The number of carboxylic acid groups (broad SMARTS) is 1. The lowest BCUT2D eigenvalue weighted by Crippen LogP contribution is -2.06. The van der Waals surface area contributed by atoms with Crippen LogP contribution in [-0.4, -0.2) is 16.1 Å². The van der Waals surface area contributed by atoms with Crippen molar-refractivity contribution in [3.05, 3.63) is 28.8 Å². The van der Waals surface area contributed by atoms with E-state index in [1.807, 2.05) is 0 Å². The zero-order valence-electron chi connectivity index (χ0n) is 7.47. The van der Waals surface area contributed by atoms with E-state index >= 15 is 0 Å². The number of rotatable bonds is 2. The molecular formula is C9H10FNO2. The number of aliphatic carboxylic acids is 1. The van der Waals surface area contributed by atoms with Crippen LogP contribution in [0.5, 0.6) is 0 Å². The smallest absolute Gasteiger partial charge is 0.309 e. The highest BCUT2D eigenvalue weighted by atomic mass is 19.1. The Kier molecular flexibility index (Phi) is 2.60. The monoisotopic (exact) mass is 183 g/mol. The molecule has 0 saturated carbocycles. The van der Waals surface area contributed by atoms with E-state index in [2.05, 4.69) is 4.98 Å². The molecule has 3 nitrogen and oxygen atoms in total. The van der Waals surface area contributed by atoms with Crippen LogP contribution in [0.15, 0.2) is 6.07 Å². The third-order valence-corrected chi connectivity index (χ3v) is 1.77. The van der Waals surface area contributed by atoms with Gasteiger partial charge >= 0.3 is 5.97 Å². The molecule has 13 heavy (non-hydrogen) atoms. The number of hydrogen-bond acceptors (Lipinski definition) is 2. The van der Waals surface area contributed by atoms with E-state index in [0.29, 0.717) is 11.1 Å². The van der Waals surface area contributed by atoms with Gasteiger partial charge in [-0.1, -0.05) is 0 Å². The normalized spacial score (nSPS) is 10.1. The van der Waals surface area contributed by atoms with Crippen molar-refractivity contribution in [2.45, 2.75) is 20.3 Å². The van der Waals surface area contributed by atoms with Crippen molar-refractivity contribution in [2.24, 2.45) is 0 Å². The second-order valence-electron chi connectivity index (χ2n) is 2.93. The molecule has 1 N–H and O–H groups in total. The molecule has 0 atom stereocenters. The van der Waals surface area contributed by atoms with Crippen LogP contribution in [0.1, 0.15) is 16.8 Å². The van der Waals surface area contributed by atoms with Crippen molar-refractivity contribution in [1.82, 2.24) is 4.98 Å². The zero-order valence-corrected chi connectivity index (χ0v) is 7.47. The largest absolute Gasteiger partial charge is 0.481 e. The number of halogens is 1. The van der Waals surface area contributed by atoms with E-state index in [9.17, 15) is 9.18 Å². The molecule has 0 fully saturated rings. The Bertz CT molecular complexity index is 350. The highest BCUT2D eigenvalue weighted by Crippen LogP contribution is 2.11. The molecule has 1 heterocycles. The van der Waals surface area contributed by atoms with Crippen molar-refractivity contribution >= 4 is 5.97 Å². The molecule has 1 aromatic rings. The molecule has 0 saturated heterocycles. The molecule has 0 aliphatic carbocycles. The predicted octanol–water partition coefficient (Wildman–Crippen LogP) is 1.46. The van der Waals surface area contributed by atoms with Crippen LogP contribution in [-0.2, 0) is 11.2 Å². The van der Waals surface area contributed by atoms with Crippen LogP contribution in [0.2, 0.25) is 0 Å². The number of aromatic nitrogens is 1. The highest BCUT2D eigenvalue weighted by Gasteiger charge is 2.08. The van der Waals surface area contributed by atoms with Crippen molar-refractivity contribution in [1.29, 1.82) is 0 Å². The molecule has 4 heteroatoms. The Balaban J connectivity index is 3.08. The van der Waals surface area contributed by atoms with E-state index in [-0.39, 0.29) is 12.1 Å². The predicted molar refractivity (Wildman–Crippen MR) is 45.0 cm³/mol. The van der Waals surface area contributed by atoms with E-state index in [1.54, 1.807) is 19.9 Å². The number of carbonyl (C=O) groups is 1. The summed E-state index contributed by atoms with van der Waals surface area (Å²) in [5, 5.41) is 8.49. The van der Waals surface area contributed by atoms with Crippen molar-refractivity contribution in [3.8, 4) is 0 Å². The Hall–Kier alpha value is -1.45. The molecule has 0 aromatic carbocycles. The van der Waals surface area contributed by atoms with Crippen LogP contribution >= 0.6 is 0 Å². The van der Waals surface area contributed by atoms with Gasteiger partial charge in [0.15, 0.2) is 0 Å². The minimum atomic E-state index is -1.00. The van der Waals surface area contributed by atoms with Gasteiger partial charge in [0.1, 0.15) is 0 Å². The minimum absolute atomic E-state index is 0.233. The topological polar surface area (TPSA) is 50.2 Å². The van der Waals surface area contributed by atoms with Crippen LogP contribution in [0.3, 0.4) is 0 Å².